The molecule has 0 saturated heterocycles. The van der Waals surface area contributed by atoms with E-state index in [1.807, 2.05) is 18.2 Å². The Hall–Kier alpha value is -3.17. The van der Waals surface area contributed by atoms with Crippen LogP contribution in [0.15, 0.2) is 77.8 Å². The quantitative estimate of drug-likeness (QED) is 0.471. The Kier molecular flexibility index (Phi) is 7.43. The second-order valence-electron chi connectivity index (χ2n) is 6.59. The summed E-state index contributed by atoms with van der Waals surface area (Å²) in [6.45, 7) is 1.93. The van der Waals surface area contributed by atoms with Crippen LogP contribution in [0.2, 0.25) is 0 Å². The smallest absolute Gasteiger partial charge is 0.261 e. The minimum atomic E-state index is -3.78. The third kappa shape index (κ3) is 6.66. The van der Waals surface area contributed by atoms with Crippen LogP contribution in [0.4, 0.5) is 11.4 Å². The van der Waals surface area contributed by atoms with E-state index in [-0.39, 0.29) is 21.5 Å². The molecule has 0 amide bonds. The number of aromatic nitrogens is 1. The molecule has 0 aliphatic carbocycles. The molecule has 160 valence electrons. The summed E-state index contributed by atoms with van der Waals surface area (Å²) in [5.41, 5.74) is 2.41. The zero-order valence-electron chi connectivity index (χ0n) is 16.7. The van der Waals surface area contributed by atoms with E-state index in [4.69, 9.17) is 0 Å². The largest absolute Gasteiger partial charge is 0.379 e. The van der Waals surface area contributed by atoms with Crippen LogP contribution in [-0.4, -0.2) is 30.1 Å². The number of rotatable bonds is 9. The van der Waals surface area contributed by atoms with Gasteiger partial charge < -0.3 is 5.32 Å². The summed E-state index contributed by atoms with van der Waals surface area (Å²) in [4.78, 5) is 27.3. The Morgan fingerprint density at radius 2 is 1.61 bits per heavy atom. The van der Waals surface area contributed by atoms with E-state index in [0.717, 1.165) is 23.1 Å². The molecule has 1 heterocycles. The normalized spacial score (nSPS) is 11.0. The third-order valence-electron chi connectivity index (χ3n) is 4.23. The number of carbonyl (C=O) groups is 2. The highest BCUT2D eigenvalue weighted by Gasteiger charge is 2.15. The van der Waals surface area contributed by atoms with Gasteiger partial charge in [0.2, 0.25) is 0 Å². The zero-order chi connectivity index (χ0) is 22.3. The van der Waals surface area contributed by atoms with Gasteiger partial charge in [-0.15, -0.1) is 0 Å². The standard InChI is InChI=1S/C22H21N3O4S2/c1-16(26)30-15-22(27)17-5-7-19(8-6-17)25-31(28,29)21-11-9-18(10-12-21)24-14-20-4-2-3-13-23-20/h2-13,24-25H,14-15H2,1H3. The van der Waals surface area contributed by atoms with Crippen LogP contribution < -0.4 is 10.0 Å². The fraction of sp³-hybridized carbons (Fsp3) is 0.136. The molecule has 0 saturated carbocycles. The van der Waals surface area contributed by atoms with Gasteiger partial charge in [0.25, 0.3) is 10.0 Å². The summed E-state index contributed by atoms with van der Waals surface area (Å²) >= 11 is 0.940. The maximum absolute atomic E-state index is 12.6. The van der Waals surface area contributed by atoms with Gasteiger partial charge in [-0.25, -0.2) is 8.42 Å². The summed E-state index contributed by atoms with van der Waals surface area (Å²) < 4.78 is 27.8. The molecule has 2 aromatic carbocycles. The number of nitrogens with zero attached hydrogens (tertiary/aromatic N) is 1. The van der Waals surface area contributed by atoms with Gasteiger partial charge >= 0.3 is 0 Å². The molecule has 2 N–H and O–H groups in total. The van der Waals surface area contributed by atoms with Gasteiger partial charge in [-0.2, -0.15) is 0 Å². The lowest BCUT2D eigenvalue weighted by molar-refractivity contribution is -0.109. The van der Waals surface area contributed by atoms with E-state index in [2.05, 4.69) is 15.0 Å². The summed E-state index contributed by atoms with van der Waals surface area (Å²) in [6.07, 6.45) is 1.71. The highest BCUT2D eigenvalue weighted by molar-refractivity contribution is 8.14. The van der Waals surface area contributed by atoms with E-state index in [1.54, 1.807) is 18.3 Å². The van der Waals surface area contributed by atoms with Crippen molar-refractivity contribution in [2.45, 2.75) is 18.4 Å². The van der Waals surface area contributed by atoms with Crippen LogP contribution in [0, 0.1) is 0 Å². The summed E-state index contributed by atoms with van der Waals surface area (Å²) in [7, 11) is -3.78. The number of carbonyl (C=O) groups excluding carboxylic acids is 2. The molecule has 7 nitrogen and oxygen atoms in total. The van der Waals surface area contributed by atoms with Gasteiger partial charge in [0.1, 0.15) is 0 Å². The van der Waals surface area contributed by atoms with Crippen LogP contribution >= 0.6 is 11.8 Å². The fourth-order valence-electron chi connectivity index (χ4n) is 2.64. The number of hydrogen-bond acceptors (Lipinski definition) is 7. The Balaban J connectivity index is 1.61. The van der Waals surface area contributed by atoms with Gasteiger partial charge in [0.05, 0.1) is 22.9 Å². The molecule has 1 aromatic heterocycles. The lowest BCUT2D eigenvalue weighted by atomic mass is 10.1. The van der Waals surface area contributed by atoms with Crippen LogP contribution in [0.25, 0.3) is 0 Å². The van der Waals surface area contributed by atoms with Crippen molar-refractivity contribution in [1.82, 2.24) is 4.98 Å². The van der Waals surface area contributed by atoms with E-state index in [0.29, 0.717) is 17.8 Å². The number of nitrogens with one attached hydrogen (secondary N) is 2. The van der Waals surface area contributed by atoms with E-state index < -0.39 is 10.0 Å². The van der Waals surface area contributed by atoms with Gasteiger partial charge in [-0.1, -0.05) is 17.8 Å². The van der Waals surface area contributed by atoms with Crippen molar-refractivity contribution >= 4 is 44.1 Å². The van der Waals surface area contributed by atoms with E-state index >= 15 is 0 Å². The number of pyridine rings is 1. The summed E-state index contributed by atoms with van der Waals surface area (Å²) in [5.74, 6) is -0.135. The maximum atomic E-state index is 12.6. The SMILES string of the molecule is CC(=O)SCC(=O)c1ccc(NS(=O)(=O)c2ccc(NCc3ccccn3)cc2)cc1. The molecule has 0 radical (unpaired) electrons. The first kappa shape index (κ1) is 22.5. The van der Waals surface area contributed by atoms with Crippen molar-refractivity contribution in [2.24, 2.45) is 0 Å². The molecule has 3 rings (SSSR count). The Morgan fingerprint density at radius 3 is 2.23 bits per heavy atom. The number of sulfonamides is 1. The molecule has 0 fully saturated rings. The molecular formula is C22H21N3O4S2. The number of ketones is 1. The average molecular weight is 456 g/mol. The molecule has 9 heteroatoms. The van der Waals surface area contributed by atoms with Crippen LogP contribution in [0.5, 0.6) is 0 Å². The van der Waals surface area contributed by atoms with Crippen molar-refractivity contribution in [3.05, 3.63) is 84.2 Å². The maximum Gasteiger partial charge on any atom is 0.261 e. The van der Waals surface area contributed by atoms with Crippen LogP contribution in [0.3, 0.4) is 0 Å². The molecule has 31 heavy (non-hydrogen) atoms. The monoisotopic (exact) mass is 455 g/mol. The Morgan fingerprint density at radius 1 is 0.935 bits per heavy atom. The minimum absolute atomic E-state index is 0.0567. The average Bonchev–Trinajstić information content (AvgIpc) is 2.77. The van der Waals surface area contributed by atoms with Crippen molar-refractivity contribution < 1.29 is 18.0 Å². The number of benzene rings is 2. The van der Waals surface area contributed by atoms with Crippen LogP contribution in [0.1, 0.15) is 23.0 Å². The molecular weight excluding hydrogens is 434 g/mol. The second kappa shape index (κ2) is 10.2. The summed E-state index contributed by atoms with van der Waals surface area (Å²) in [5, 5.41) is 3.06. The number of thioether (sulfide) groups is 1. The van der Waals surface area contributed by atoms with Gasteiger partial charge in [0.15, 0.2) is 10.9 Å². The molecule has 0 spiro atoms. The Bertz CT molecular complexity index is 1150. The summed E-state index contributed by atoms with van der Waals surface area (Å²) in [6, 6.07) is 18.2. The first-order chi connectivity index (χ1) is 14.8. The van der Waals surface area contributed by atoms with Crippen molar-refractivity contribution in [3.63, 3.8) is 0 Å². The molecule has 3 aromatic rings. The van der Waals surface area contributed by atoms with Crippen LogP contribution in [-0.2, 0) is 21.4 Å². The molecule has 0 unspecified atom stereocenters. The molecule has 0 atom stereocenters. The van der Waals surface area contributed by atoms with E-state index in [1.165, 1.54) is 43.3 Å². The zero-order valence-corrected chi connectivity index (χ0v) is 18.4. The van der Waals surface area contributed by atoms with Gasteiger partial charge in [-0.3, -0.25) is 19.3 Å². The predicted octanol–water partition coefficient (Wildman–Crippen LogP) is 3.96. The lowest BCUT2D eigenvalue weighted by Crippen LogP contribution is -2.13. The highest BCUT2D eigenvalue weighted by atomic mass is 32.2. The number of Topliss-reactive ketones (excluding diaryl/α,β-unsaturated/α-hetero) is 1. The fourth-order valence-corrected chi connectivity index (χ4v) is 4.20. The molecule has 0 bridgehead atoms. The molecule has 0 aliphatic heterocycles. The molecule has 0 aliphatic rings. The van der Waals surface area contributed by atoms with Crippen molar-refractivity contribution in [1.29, 1.82) is 0 Å². The first-order valence-electron chi connectivity index (χ1n) is 9.37. The third-order valence-corrected chi connectivity index (χ3v) is 6.44. The van der Waals surface area contributed by atoms with Gasteiger partial charge in [0, 0.05) is 30.1 Å². The lowest BCUT2D eigenvalue weighted by Gasteiger charge is -2.10. The number of hydrogen-bond donors (Lipinski definition) is 2. The number of anilines is 2. The van der Waals surface area contributed by atoms with Crippen molar-refractivity contribution in [2.75, 3.05) is 15.8 Å². The predicted molar refractivity (Wildman–Crippen MR) is 123 cm³/mol. The van der Waals surface area contributed by atoms with Crippen molar-refractivity contribution in [3.8, 4) is 0 Å². The minimum Gasteiger partial charge on any atom is -0.379 e. The van der Waals surface area contributed by atoms with E-state index in [9.17, 15) is 18.0 Å². The highest BCUT2D eigenvalue weighted by Crippen LogP contribution is 2.19. The topological polar surface area (TPSA) is 105 Å². The Labute approximate surface area is 185 Å². The second-order valence-corrected chi connectivity index (χ2v) is 9.42. The first-order valence-corrected chi connectivity index (χ1v) is 11.8. The van der Waals surface area contributed by atoms with Gasteiger partial charge in [-0.05, 0) is 60.7 Å².